The van der Waals surface area contributed by atoms with Gasteiger partial charge in [-0.05, 0) is 0 Å². The average Bonchev–Trinajstić information content (AvgIpc) is 2.59. The summed E-state index contributed by atoms with van der Waals surface area (Å²) in [4.78, 5) is 0. The fourth-order valence-electron chi connectivity index (χ4n) is 1.26. The Hall–Kier alpha value is -3.27. The summed E-state index contributed by atoms with van der Waals surface area (Å²) >= 11 is 0. The lowest BCUT2D eigenvalue weighted by molar-refractivity contribution is -0.0322. The van der Waals surface area contributed by atoms with Gasteiger partial charge < -0.3 is 9.47 Å². The molecule has 0 fully saturated rings. The summed E-state index contributed by atoms with van der Waals surface area (Å²) in [7, 11) is -5.24. The summed E-state index contributed by atoms with van der Waals surface area (Å²) in [6.45, 7) is -1.46. The molecule has 0 saturated carbocycles. The first-order chi connectivity index (χ1) is 11.7. The molecule has 1 unspecified atom stereocenters. The van der Waals surface area contributed by atoms with Crippen LogP contribution in [0.2, 0.25) is 0 Å². The molecule has 1 N–H and O–H groups in total. The van der Waals surface area contributed by atoms with Gasteiger partial charge in [0.15, 0.2) is 0 Å². The molecule has 128 valence electrons. The molecule has 0 rings (SSSR count). The number of hydrogen-bond acceptors (Lipinski definition) is 11. The van der Waals surface area contributed by atoms with E-state index >= 15 is 0 Å². The molecule has 0 bridgehead atoms. The quantitative estimate of drug-likeness (QED) is 0.386. The van der Waals surface area contributed by atoms with Gasteiger partial charge in [-0.2, -0.15) is 40.0 Å². The fourth-order valence-corrected chi connectivity index (χ4v) is 1.75. The molecule has 0 aromatic carbocycles. The van der Waals surface area contributed by atoms with Crippen LogP contribution in [0.15, 0.2) is 0 Å². The van der Waals surface area contributed by atoms with Crippen molar-refractivity contribution >= 4 is 10.4 Å². The number of nitriles is 6. The zero-order valence-corrected chi connectivity index (χ0v) is 13.1. The summed E-state index contributed by atoms with van der Waals surface area (Å²) in [5.74, 6) is 0. The maximum absolute atomic E-state index is 10.7. The van der Waals surface area contributed by atoms with E-state index in [2.05, 4.69) is 4.18 Å². The van der Waals surface area contributed by atoms with Crippen molar-refractivity contribution in [3.8, 4) is 36.4 Å². The molecule has 0 amide bonds. The van der Waals surface area contributed by atoms with Crippen molar-refractivity contribution < 1.29 is 26.6 Å². The predicted molar refractivity (Wildman–Crippen MR) is 72.0 cm³/mol. The Morgan fingerprint density at radius 3 is 1.80 bits per heavy atom. The van der Waals surface area contributed by atoms with Gasteiger partial charge in [0.2, 0.25) is 6.10 Å². The van der Waals surface area contributed by atoms with Crippen molar-refractivity contribution in [2.75, 3.05) is 19.8 Å². The number of ether oxygens (including phenoxy) is 2. The second-order valence-corrected chi connectivity index (χ2v) is 5.17. The lowest BCUT2D eigenvalue weighted by Crippen LogP contribution is -2.45. The van der Waals surface area contributed by atoms with Crippen molar-refractivity contribution in [1.29, 1.82) is 31.6 Å². The highest BCUT2D eigenvalue weighted by molar-refractivity contribution is 7.81. The van der Waals surface area contributed by atoms with E-state index in [1.165, 1.54) is 24.3 Å². The van der Waals surface area contributed by atoms with Gasteiger partial charge in [-0.3, -0.25) is 4.55 Å². The molecule has 25 heavy (non-hydrogen) atoms. The van der Waals surface area contributed by atoms with E-state index < -0.39 is 40.7 Å². The van der Waals surface area contributed by atoms with Crippen LogP contribution in [0.25, 0.3) is 0 Å². The summed E-state index contributed by atoms with van der Waals surface area (Å²) in [6, 6.07) is 7.94. The average molecular weight is 364 g/mol. The van der Waals surface area contributed by atoms with E-state index in [1.54, 1.807) is 0 Å². The smallest absolute Gasteiger partial charge is 0.375 e. The standard InChI is InChI=1S/C12H8N6O6S/c13-3-10(12(7-17,8-18)24-25(19,20)21)23-2-1-22-9-11(4-14,5-15)6-16/h10H,1-2,9H2,(H,19,20,21). The van der Waals surface area contributed by atoms with E-state index in [0.717, 1.165) is 12.1 Å². The molecule has 0 saturated heterocycles. The third-order valence-electron chi connectivity index (χ3n) is 2.46. The van der Waals surface area contributed by atoms with E-state index in [-0.39, 0.29) is 6.61 Å². The molecule has 0 heterocycles. The molecule has 0 aliphatic carbocycles. The molecule has 0 radical (unpaired) electrons. The van der Waals surface area contributed by atoms with Crippen molar-refractivity contribution in [1.82, 2.24) is 0 Å². The molecule has 0 aromatic rings. The van der Waals surface area contributed by atoms with Crippen molar-refractivity contribution in [2.45, 2.75) is 11.7 Å². The Kier molecular flexibility index (Phi) is 7.94. The van der Waals surface area contributed by atoms with Crippen molar-refractivity contribution in [3.63, 3.8) is 0 Å². The van der Waals surface area contributed by atoms with Gasteiger partial charge in [0.05, 0.1) is 25.9 Å². The molecular weight excluding hydrogens is 356 g/mol. The van der Waals surface area contributed by atoms with Crippen LogP contribution in [0.1, 0.15) is 0 Å². The lowest BCUT2D eigenvalue weighted by Gasteiger charge is -2.22. The van der Waals surface area contributed by atoms with Gasteiger partial charge in [-0.25, -0.2) is 4.18 Å². The zero-order chi connectivity index (χ0) is 19.6. The SMILES string of the molecule is N#CC(OCCOCC(C#N)(C#N)C#N)C(C#N)(C#N)OS(=O)(=O)O. The number of rotatable bonds is 9. The Morgan fingerprint density at radius 1 is 0.920 bits per heavy atom. The molecule has 12 nitrogen and oxygen atoms in total. The van der Waals surface area contributed by atoms with Gasteiger partial charge >= 0.3 is 10.4 Å². The van der Waals surface area contributed by atoms with Crippen LogP contribution >= 0.6 is 0 Å². The van der Waals surface area contributed by atoms with Gasteiger partial charge in [0.1, 0.15) is 30.3 Å². The molecule has 0 aromatic heterocycles. The largest absolute Gasteiger partial charge is 0.400 e. The lowest BCUT2D eigenvalue weighted by atomic mass is 9.96. The summed E-state index contributed by atoms with van der Waals surface area (Å²) in [5.41, 5.74) is -5.00. The first-order valence-corrected chi connectivity index (χ1v) is 7.38. The van der Waals surface area contributed by atoms with E-state index in [4.69, 9.17) is 45.6 Å². The van der Waals surface area contributed by atoms with Crippen LogP contribution in [-0.4, -0.2) is 44.5 Å². The maximum atomic E-state index is 10.7. The highest BCUT2D eigenvalue weighted by atomic mass is 32.3. The van der Waals surface area contributed by atoms with Gasteiger partial charge in [-0.15, -0.1) is 0 Å². The minimum absolute atomic E-state index is 0.371. The number of hydrogen-bond donors (Lipinski definition) is 1. The third kappa shape index (κ3) is 6.03. The zero-order valence-electron chi connectivity index (χ0n) is 12.3. The molecule has 0 aliphatic rings. The topological polar surface area (TPSA) is 225 Å². The van der Waals surface area contributed by atoms with Crippen LogP contribution in [-0.2, 0) is 24.1 Å². The predicted octanol–water partition coefficient (Wildman–Crippen LogP) is -0.926. The maximum Gasteiger partial charge on any atom is 0.400 e. The van der Waals surface area contributed by atoms with Crippen molar-refractivity contribution in [3.05, 3.63) is 0 Å². The second-order valence-electron chi connectivity index (χ2n) is 4.14. The number of nitrogens with zero attached hydrogens (tertiary/aromatic N) is 6. The second kappa shape index (κ2) is 9.13. The highest BCUT2D eigenvalue weighted by Crippen LogP contribution is 2.20. The van der Waals surface area contributed by atoms with Crippen LogP contribution in [0, 0.1) is 73.4 Å². The van der Waals surface area contributed by atoms with E-state index in [9.17, 15) is 8.42 Å². The highest BCUT2D eigenvalue weighted by Gasteiger charge is 2.47. The van der Waals surface area contributed by atoms with Gasteiger partial charge in [0.25, 0.3) is 11.0 Å². The first-order valence-electron chi connectivity index (χ1n) is 6.01. The molecular formula is C12H8N6O6S. The van der Waals surface area contributed by atoms with Crippen LogP contribution < -0.4 is 0 Å². The van der Waals surface area contributed by atoms with Gasteiger partial charge in [0, 0.05) is 0 Å². The first kappa shape index (κ1) is 21.7. The summed E-state index contributed by atoms with van der Waals surface area (Å²) in [5, 5.41) is 52.9. The normalized spacial score (nSPS) is 12.3. The summed E-state index contributed by atoms with van der Waals surface area (Å²) in [6.07, 6.45) is -2.04. The Morgan fingerprint density at radius 2 is 1.44 bits per heavy atom. The fraction of sp³-hybridized carbons (Fsp3) is 0.500. The summed E-state index contributed by atoms with van der Waals surface area (Å²) < 4.78 is 43.7. The molecule has 0 aliphatic heterocycles. The Labute approximate surface area is 142 Å². The van der Waals surface area contributed by atoms with Crippen LogP contribution in [0.3, 0.4) is 0 Å². The van der Waals surface area contributed by atoms with E-state index in [1.807, 2.05) is 0 Å². The molecule has 13 heteroatoms. The minimum atomic E-state index is -5.24. The van der Waals surface area contributed by atoms with E-state index in [0.29, 0.717) is 0 Å². The Balaban J connectivity index is 4.88. The molecule has 0 spiro atoms. The minimum Gasteiger partial charge on any atom is -0.375 e. The monoisotopic (exact) mass is 364 g/mol. The van der Waals surface area contributed by atoms with Crippen LogP contribution in [0.4, 0.5) is 0 Å². The molecule has 1 atom stereocenters. The van der Waals surface area contributed by atoms with Crippen molar-refractivity contribution in [2.24, 2.45) is 5.41 Å². The van der Waals surface area contributed by atoms with Gasteiger partial charge in [-0.1, -0.05) is 0 Å². The third-order valence-corrected chi connectivity index (χ3v) is 2.93. The Bertz CT molecular complexity index is 793. The van der Waals surface area contributed by atoms with Crippen LogP contribution in [0.5, 0.6) is 0 Å².